The molecule has 0 bridgehead atoms. The Morgan fingerprint density at radius 3 is 2.53 bits per heavy atom. The summed E-state index contributed by atoms with van der Waals surface area (Å²) in [6.45, 7) is 3.33. The Labute approximate surface area is 126 Å². The molecule has 1 aromatic rings. The van der Waals surface area contributed by atoms with Crippen LogP contribution in [0.2, 0.25) is 0 Å². The van der Waals surface area contributed by atoms with Crippen LogP contribution in [-0.4, -0.2) is 35.4 Å². The van der Waals surface area contributed by atoms with Crippen molar-refractivity contribution in [1.82, 2.24) is 4.90 Å². The lowest BCUT2D eigenvalue weighted by molar-refractivity contribution is -0.133. The first kappa shape index (κ1) is 18.3. The Balaban J connectivity index is 0.00000324. The van der Waals surface area contributed by atoms with Crippen LogP contribution in [0.15, 0.2) is 30.3 Å². The van der Waals surface area contributed by atoms with E-state index < -0.39 is 0 Å². The molecule has 0 spiro atoms. The van der Waals surface area contributed by atoms with Gasteiger partial charge in [-0.25, -0.2) is 0 Å². The molecule has 1 rings (SSSR count). The molecule has 5 heteroatoms. The minimum Gasteiger partial charge on any atom is -0.337 e. The van der Waals surface area contributed by atoms with Gasteiger partial charge in [-0.2, -0.15) is 11.8 Å². The average molecular weight is 303 g/mol. The standard InChI is InChI=1S/C14H22N2OS.ClH/c1-3-16(11-12-7-5-4-6-8-12)14(17)13(15)9-10-18-2;/h4-8,13H,3,9-11,15H2,1-2H3;1H/t13-;/m0./s1. The van der Waals surface area contributed by atoms with Gasteiger partial charge >= 0.3 is 0 Å². The number of halogens is 1. The molecule has 0 aliphatic rings. The van der Waals surface area contributed by atoms with Crippen molar-refractivity contribution in [2.75, 3.05) is 18.6 Å². The molecule has 1 atom stereocenters. The second-order valence-corrected chi connectivity index (χ2v) is 5.21. The van der Waals surface area contributed by atoms with Crippen molar-refractivity contribution >= 4 is 30.1 Å². The van der Waals surface area contributed by atoms with Gasteiger partial charge in [-0.3, -0.25) is 4.79 Å². The normalized spacial score (nSPS) is 11.5. The lowest BCUT2D eigenvalue weighted by Gasteiger charge is -2.24. The monoisotopic (exact) mass is 302 g/mol. The first-order valence-electron chi connectivity index (χ1n) is 6.26. The van der Waals surface area contributed by atoms with E-state index in [0.717, 1.165) is 17.7 Å². The number of rotatable bonds is 7. The maximum atomic E-state index is 12.2. The number of hydrogen-bond acceptors (Lipinski definition) is 3. The van der Waals surface area contributed by atoms with Crippen LogP contribution >= 0.6 is 24.2 Å². The van der Waals surface area contributed by atoms with E-state index in [2.05, 4.69) is 0 Å². The van der Waals surface area contributed by atoms with Crippen LogP contribution in [0.25, 0.3) is 0 Å². The maximum Gasteiger partial charge on any atom is 0.239 e. The highest BCUT2D eigenvalue weighted by molar-refractivity contribution is 7.98. The highest BCUT2D eigenvalue weighted by atomic mass is 35.5. The van der Waals surface area contributed by atoms with Gasteiger partial charge in [0.1, 0.15) is 0 Å². The molecule has 0 saturated carbocycles. The quantitative estimate of drug-likeness (QED) is 0.842. The SMILES string of the molecule is CCN(Cc1ccccc1)C(=O)[C@@H](N)CCSC.Cl. The predicted octanol–water partition coefficient (Wildman–Crippen LogP) is 2.54. The zero-order chi connectivity index (χ0) is 13.4. The molecular formula is C14H23ClN2OS. The highest BCUT2D eigenvalue weighted by Crippen LogP contribution is 2.08. The van der Waals surface area contributed by atoms with Crippen LogP contribution in [0, 0.1) is 0 Å². The van der Waals surface area contributed by atoms with Gasteiger partial charge in [0.2, 0.25) is 5.91 Å². The fourth-order valence-electron chi connectivity index (χ4n) is 1.75. The summed E-state index contributed by atoms with van der Waals surface area (Å²) < 4.78 is 0. The lowest BCUT2D eigenvalue weighted by Crippen LogP contribution is -2.43. The van der Waals surface area contributed by atoms with E-state index in [1.807, 2.05) is 48.4 Å². The average Bonchev–Trinajstić information content (AvgIpc) is 2.42. The molecule has 1 aromatic carbocycles. The molecule has 2 N–H and O–H groups in total. The van der Waals surface area contributed by atoms with E-state index in [1.165, 1.54) is 0 Å². The Hall–Kier alpha value is -0.710. The number of likely N-dealkylation sites (N-methyl/N-ethyl adjacent to an activating group) is 1. The molecule has 0 aromatic heterocycles. The van der Waals surface area contributed by atoms with Crippen LogP contribution in [-0.2, 0) is 11.3 Å². The third-order valence-corrected chi connectivity index (χ3v) is 3.50. The van der Waals surface area contributed by atoms with Gasteiger partial charge in [0.15, 0.2) is 0 Å². The fourth-order valence-corrected chi connectivity index (χ4v) is 2.24. The Morgan fingerprint density at radius 2 is 2.00 bits per heavy atom. The van der Waals surface area contributed by atoms with E-state index >= 15 is 0 Å². The number of nitrogens with zero attached hydrogens (tertiary/aromatic N) is 1. The first-order valence-corrected chi connectivity index (χ1v) is 7.65. The van der Waals surface area contributed by atoms with Crippen molar-refractivity contribution in [3.63, 3.8) is 0 Å². The third-order valence-electron chi connectivity index (χ3n) is 2.86. The van der Waals surface area contributed by atoms with Crippen LogP contribution in [0.3, 0.4) is 0 Å². The van der Waals surface area contributed by atoms with Crippen molar-refractivity contribution < 1.29 is 4.79 Å². The second kappa shape index (κ2) is 10.1. The van der Waals surface area contributed by atoms with E-state index in [9.17, 15) is 4.79 Å². The zero-order valence-electron chi connectivity index (χ0n) is 11.5. The van der Waals surface area contributed by atoms with E-state index in [1.54, 1.807) is 11.8 Å². The van der Waals surface area contributed by atoms with Gasteiger partial charge in [-0.05, 0) is 30.9 Å². The number of carbonyl (C=O) groups excluding carboxylic acids is 1. The van der Waals surface area contributed by atoms with Gasteiger partial charge in [0.05, 0.1) is 6.04 Å². The van der Waals surface area contributed by atoms with Crippen LogP contribution in [0.4, 0.5) is 0 Å². The first-order chi connectivity index (χ1) is 8.69. The summed E-state index contributed by atoms with van der Waals surface area (Å²) in [6.07, 6.45) is 2.77. The third kappa shape index (κ3) is 6.32. The number of benzene rings is 1. The van der Waals surface area contributed by atoms with Crippen molar-refractivity contribution in [3.05, 3.63) is 35.9 Å². The summed E-state index contributed by atoms with van der Waals surface area (Å²) >= 11 is 1.72. The molecule has 3 nitrogen and oxygen atoms in total. The zero-order valence-corrected chi connectivity index (χ0v) is 13.2. The summed E-state index contributed by atoms with van der Waals surface area (Å²) in [5.41, 5.74) is 7.07. The molecule has 0 aliphatic heterocycles. The molecule has 1 amide bonds. The molecule has 108 valence electrons. The number of carbonyl (C=O) groups is 1. The molecule has 0 aliphatic carbocycles. The molecular weight excluding hydrogens is 280 g/mol. The number of amides is 1. The minimum atomic E-state index is -0.374. The summed E-state index contributed by atoms with van der Waals surface area (Å²) in [7, 11) is 0. The van der Waals surface area contributed by atoms with Crippen molar-refractivity contribution in [2.45, 2.75) is 25.9 Å². The molecule has 0 unspecified atom stereocenters. The number of thioether (sulfide) groups is 1. The minimum absolute atomic E-state index is 0. The Morgan fingerprint density at radius 1 is 1.37 bits per heavy atom. The van der Waals surface area contributed by atoms with Crippen LogP contribution in [0.5, 0.6) is 0 Å². The Bertz CT molecular complexity index is 362. The van der Waals surface area contributed by atoms with Crippen molar-refractivity contribution in [3.8, 4) is 0 Å². The van der Waals surface area contributed by atoms with Crippen LogP contribution in [0.1, 0.15) is 18.9 Å². The maximum absolute atomic E-state index is 12.2. The second-order valence-electron chi connectivity index (χ2n) is 4.23. The summed E-state index contributed by atoms with van der Waals surface area (Å²) in [5, 5.41) is 0. The molecule has 0 saturated heterocycles. The predicted molar refractivity (Wildman–Crippen MR) is 85.8 cm³/mol. The van der Waals surface area contributed by atoms with Gasteiger partial charge in [0.25, 0.3) is 0 Å². The van der Waals surface area contributed by atoms with Gasteiger partial charge in [0, 0.05) is 13.1 Å². The molecule has 0 radical (unpaired) electrons. The number of nitrogens with two attached hydrogens (primary N) is 1. The largest absolute Gasteiger partial charge is 0.337 e. The van der Waals surface area contributed by atoms with E-state index in [-0.39, 0.29) is 24.4 Å². The fraction of sp³-hybridized carbons (Fsp3) is 0.500. The van der Waals surface area contributed by atoms with Gasteiger partial charge < -0.3 is 10.6 Å². The molecule has 0 fully saturated rings. The van der Waals surface area contributed by atoms with Crippen molar-refractivity contribution in [1.29, 1.82) is 0 Å². The molecule has 0 heterocycles. The summed E-state index contributed by atoms with van der Waals surface area (Å²) in [6, 6.07) is 9.64. The summed E-state index contributed by atoms with van der Waals surface area (Å²) in [5.74, 6) is 0.978. The van der Waals surface area contributed by atoms with Gasteiger partial charge in [-0.15, -0.1) is 12.4 Å². The summed E-state index contributed by atoms with van der Waals surface area (Å²) in [4.78, 5) is 14.0. The molecule has 19 heavy (non-hydrogen) atoms. The van der Waals surface area contributed by atoms with Crippen molar-refractivity contribution in [2.24, 2.45) is 5.73 Å². The van der Waals surface area contributed by atoms with E-state index in [4.69, 9.17) is 5.73 Å². The van der Waals surface area contributed by atoms with E-state index in [0.29, 0.717) is 13.1 Å². The van der Waals surface area contributed by atoms with Crippen LogP contribution < -0.4 is 5.73 Å². The topological polar surface area (TPSA) is 46.3 Å². The smallest absolute Gasteiger partial charge is 0.239 e. The van der Waals surface area contributed by atoms with Gasteiger partial charge in [-0.1, -0.05) is 30.3 Å². The highest BCUT2D eigenvalue weighted by Gasteiger charge is 2.19. The number of hydrogen-bond donors (Lipinski definition) is 1. The lowest BCUT2D eigenvalue weighted by atomic mass is 10.1. The Kier molecular flexibility index (Phi) is 9.74.